The first-order valence-corrected chi connectivity index (χ1v) is 10.5. The van der Waals surface area contributed by atoms with E-state index in [9.17, 15) is 4.79 Å². The maximum absolute atomic E-state index is 11.8. The monoisotopic (exact) mass is 369 g/mol. The molecule has 4 N–H and O–H groups in total. The summed E-state index contributed by atoms with van der Waals surface area (Å²) >= 11 is 0. The minimum Gasteiger partial charge on any atom is -0.402 e. The Morgan fingerprint density at radius 3 is 1.92 bits per heavy atom. The Labute approximate surface area is 160 Å². The lowest BCUT2D eigenvalue weighted by Gasteiger charge is -2.14. The van der Waals surface area contributed by atoms with Crippen LogP contribution >= 0.6 is 0 Å². The molecule has 0 rings (SSSR count). The Kier molecular flexibility index (Phi) is 18.6. The van der Waals surface area contributed by atoms with E-state index in [0.717, 1.165) is 25.7 Å². The van der Waals surface area contributed by atoms with Gasteiger partial charge in [-0.2, -0.15) is 0 Å². The van der Waals surface area contributed by atoms with Gasteiger partial charge in [-0.1, -0.05) is 70.4 Å². The summed E-state index contributed by atoms with van der Waals surface area (Å²) in [5.74, 6) is -0.154. The van der Waals surface area contributed by atoms with Crippen LogP contribution in [0.25, 0.3) is 0 Å². The molecule has 0 aromatic heterocycles. The van der Waals surface area contributed by atoms with Crippen molar-refractivity contribution in [1.82, 2.24) is 0 Å². The summed E-state index contributed by atoms with van der Waals surface area (Å²) < 4.78 is 4.66. The molecule has 26 heavy (non-hydrogen) atoms. The molecule has 0 aromatic carbocycles. The van der Waals surface area contributed by atoms with E-state index in [1.165, 1.54) is 57.8 Å². The summed E-state index contributed by atoms with van der Waals surface area (Å²) in [4.78, 5) is 11.8. The highest BCUT2D eigenvalue weighted by Gasteiger charge is 2.22. The summed E-state index contributed by atoms with van der Waals surface area (Å²) in [7, 11) is -1.94. The predicted octanol–water partition coefficient (Wildman–Crippen LogP) is 3.91. The zero-order valence-corrected chi connectivity index (χ0v) is 16.7. The van der Waals surface area contributed by atoms with Crippen molar-refractivity contribution in [2.75, 3.05) is 6.54 Å². The summed E-state index contributed by atoms with van der Waals surface area (Å²) in [6, 6.07) is 0. The van der Waals surface area contributed by atoms with Gasteiger partial charge in [0.05, 0.1) is 0 Å². The van der Waals surface area contributed by atoms with Gasteiger partial charge in [-0.15, -0.1) is 0 Å². The minimum absolute atomic E-state index is 0.0263. The molecule has 1 atom stereocenters. The molecule has 0 aliphatic rings. The smallest absolute Gasteiger partial charge is 0.402 e. The lowest BCUT2D eigenvalue weighted by Crippen LogP contribution is -2.37. The van der Waals surface area contributed by atoms with Crippen LogP contribution in [0.4, 0.5) is 0 Å². The second kappa shape index (κ2) is 19.1. The van der Waals surface area contributed by atoms with Crippen LogP contribution in [0.3, 0.4) is 0 Å². The Hall–Kier alpha value is -0.685. The lowest BCUT2D eigenvalue weighted by atomic mass is 10.0. The first-order valence-electron chi connectivity index (χ1n) is 10.5. The van der Waals surface area contributed by atoms with Crippen LogP contribution in [-0.2, 0) is 9.45 Å². The number of hydrogen-bond donors (Lipinski definition) is 3. The topological polar surface area (TPSA) is 92.8 Å². The second-order valence-corrected chi connectivity index (χ2v) is 6.99. The van der Waals surface area contributed by atoms with Gasteiger partial charge in [0.2, 0.25) is 0 Å². The number of nitrogens with two attached hydrogens (primary N) is 1. The zero-order chi connectivity index (χ0) is 19.5. The van der Waals surface area contributed by atoms with Crippen molar-refractivity contribution in [3.8, 4) is 0 Å². The van der Waals surface area contributed by atoms with Gasteiger partial charge in [-0.3, -0.25) is 4.79 Å². The molecule has 5 nitrogen and oxygen atoms in total. The molecule has 152 valence electrons. The van der Waals surface area contributed by atoms with Crippen LogP contribution in [0.15, 0.2) is 12.2 Å². The number of carbonyl (C=O) groups excluding carboxylic acids is 1. The molecule has 1 unspecified atom stereocenters. The minimum atomic E-state index is -1.94. The average molecular weight is 369 g/mol. The van der Waals surface area contributed by atoms with Gasteiger partial charge >= 0.3 is 7.32 Å². The fourth-order valence-corrected chi connectivity index (χ4v) is 2.94. The summed E-state index contributed by atoms with van der Waals surface area (Å²) in [5, 5.41) is 17.5. The van der Waals surface area contributed by atoms with E-state index in [0.29, 0.717) is 6.42 Å². The first kappa shape index (κ1) is 25.3. The Morgan fingerprint density at radius 2 is 1.42 bits per heavy atom. The van der Waals surface area contributed by atoms with Gasteiger partial charge in [0, 0.05) is 13.0 Å². The van der Waals surface area contributed by atoms with Crippen LogP contribution in [-0.4, -0.2) is 35.8 Å². The summed E-state index contributed by atoms with van der Waals surface area (Å²) in [6.07, 6.45) is 19.9. The third-order valence-electron chi connectivity index (χ3n) is 4.54. The fraction of sp³-hybridized carbons (Fsp3) is 0.850. The largest absolute Gasteiger partial charge is 0.634 e. The molecule has 0 aliphatic heterocycles. The van der Waals surface area contributed by atoms with Gasteiger partial charge in [0.25, 0.3) is 0 Å². The van der Waals surface area contributed by atoms with Crippen LogP contribution in [0.1, 0.15) is 96.8 Å². The van der Waals surface area contributed by atoms with Crippen LogP contribution in [0, 0.1) is 0 Å². The van der Waals surface area contributed by atoms with Gasteiger partial charge in [0.1, 0.15) is 6.10 Å². The van der Waals surface area contributed by atoms with E-state index in [4.69, 9.17) is 15.8 Å². The molecule has 0 aliphatic carbocycles. The molecule has 0 bridgehead atoms. The Morgan fingerprint density at radius 1 is 0.923 bits per heavy atom. The predicted molar refractivity (Wildman–Crippen MR) is 109 cm³/mol. The van der Waals surface area contributed by atoms with E-state index in [-0.39, 0.29) is 12.3 Å². The van der Waals surface area contributed by atoms with Gasteiger partial charge < -0.3 is 20.4 Å². The van der Waals surface area contributed by atoms with Crippen LogP contribution in [0.2, 0.25) is 0 Å². The van der Waals surface area contributed by atoms with E-state index in [1.54, 1.807) is 0 Å². The third kappa shape index (κ3) is 16.8. The SMILES string of the molecule is CCCCCCCC/C=C\CCCCCCCC(=O)C(CN)OB(O)O. The zero-order valence-electron chi connectivity index (χ0n) is 16.7. The van der Waals surface area contributed by atoms with Gasteiger partial charge in [-0.25, -0.2) is 0 Å². The highest BCUT2D eigenvalue weighted by Crippen LogP contribution is 2.11. The van der Waals surface area contributed by atoms with Gasteiger partial charge in [-0.05, 0) is 32.1 Å². The van der Waals surface area contributed by atoms with E-state index < -0.39 is 13.4 Å². The molecular weight excluding hydrogens is 329 g/mol. The highest BCUT2D eigenvalue weighted by atomic mass is 16.6. The molecule has 0 saturated carbocycles. The van der Waals surface area contributed by atoms with E-state index >= 15 is 0 Å². The molecule has 6 heteroatoms. The van der Waals surface area contributed by atoms with Crippen molar-refractivity contribution in [3.05, 3.63) is 12.2 Å². The third-order valence-corrected chi connectivity index (χ3v) is 4.54. The second-order valence-electron chi connectivity index (χ2n) is 6.99. The Balaban J connectivity index is 3.40. The van der Waals surface area contributed by atoms with Crippen molar-refractivity contribution in [1.29, 1.82) is 0 Å². The molecular formula is C20H40BNO4. The molecule has 0 fully saturated rings. The summed E-state index contributed by atoms with van der Waals surface area (Å²) in [5.41, 5.74) is 5.40. The number of carbonyl (C=O) groups is 1. The summed E-state index contributed by atoms with van der Waals surface area (Å²) in [6.45, 7) is 2.22. The maximum atomic E-state index is 11.8. The maximum Gasteiger partial charge on any atom is 0.634 e. The van der Waals surface area contributed by atoms with Crippen molar-refractivity contribution in [3.63, 3.8) is 0 Å². The molecule has 0 aromatic rings. The standard InChI is InChI=1S/C20H40BNO4/c1-2-3-4-5-6-7-8-9-10-11-12-13-14-15-16-17-19(23)20(18-22)26-21(24)25/h9-10,20,24-25H,2-8,11-18,22H2,1H3/b10-9-. The number of unbranched alkanes of at least 4 members (excludes halogenated alkanes) is 11. The molecule has 0 heterocycles. The average Bonchev–Trinajstić information content (AvgIpc) is 2.62. The van der Waals surface area contributed by atoms with Crippen LogP contribution in [0.5, 0.6) is 0 Å². The number of Topliss-reactive ketones (excluding diaryl/α,β-unsaturated/α-hetero) is 1. The quantitative estimate of drug-likeness (QED) is 0.182. The molecule has 0 radical (unpaired) electrons. The van der Waals surface area contributed by atoms with E-state index in [2.05, 4.69) is 23.7 Å². The number of rotatable bonds is 19. The first-order chi connectivity index (χ1) is 12.6. The lowest BCUT2D eigenvalue weighted by molar-refractivity contribution is -0.126. The Bertz CT molecular complexity index is 351. The van der Waals surface area contributed by atoms with Crippen molar-refractivity contribution in [2.24, 2.45) is 5.73 Å². The molecule has 0 saturated heterocycles. The van der Waals surface area contributed by atoms with E-state index in [1.807, 2.05) is 0 Å². The fourth-order valence-electron chi connectivity index (χ4n) is 2.94. The molecule has 0 amide bonds. The number of allylic oxidation sites excluding steroid dienone is 2. The van der Waals surface area contributed by atoms with Crippen molar-refractivity contribution in [2.45, 2.75) is 103 Å². The van der Waals surface area contributed by atoms with Crippen molar-refractivity contribution < 1.29 is 19.5 Å². The normalized spacial score (nSPS) is 12.6. The number of ketones is 1. The van der Waals surface area contributed by atoms with Gasteiger partial charge in [0.15, 0.2) is 5.78 Å². The highest BCUT2D eigenvalue weighted by molar-refractivity contribution is 6.33. The molecule has 0 spiro atoms. The number of hydrogen-bond acceptors (Lipinski definition) is 5. The van der Waals surface area contributed by atoms with Crippen molar-refractivity contribution >= 4 is 13.1 Å². The van der Waals surface area contributed by atoms with Crippen LogP contribution < -0.4 is 5.73 Å².